The summed E-state index contributed by atoms with van der Waals surface area (Å²) < 4.78 is 14.3. The molecule has 8 nitrogen and oxygen atoms in total. The van der Waals surface area contributed by atoms with Gasteiger partial charge in [-0.2, -0.15) is 24.7 Å². The average Bonchev–Trinajstić information content (AvgIpc) is 3.04. The summed E-state index contributed by atoms with van der Waals surface area (Å²) in [5, 5.41) is 4.35. The summed E-state index contributed by atoms with van der Waals surface area (Å²) in [7, 11) is 0. The highest BCUT2D eigenvalue weighted by Gasteiger charge is 2.09. The Morgan fingerprint density at radius 1 is 1.14 bits per heavy atom. The summed E-state index contributed by atoms with van der Waals surface area (Å²) in [6.07, 6.45) is 2.83. The topological polar surface area (TPSA) is 107 Å². The van der Waals surface area contributed by atoms with Crippen molar-refractivity contribution in [2.75, 3.05) is 5.43 Å². The number of nitrogens with two attached hydrogens (primary N) is 1. The van der Waals surface area contributed by atoms with Crippen LogP contribution in [-0.4, -0.2) is 29.7 Å². The van der Waals surface area contributed by atoms with E-state index in [4.69, 9.17) is 5.84 Å². The van der Waals surface area contributed by atoms with Crippen LogP contribution >= 0.6 is 11.8 Å². The maximum Gasteiger partial charge on any atom is 0.257 e. The number of hydrazine groups is 1. The molecule has 2 heterocycles. The van der Waals surface area contributed by atoms with Crippen molar-refractivity contribution in [2.45, 2.75) is 10.1 Å². The minimum atomic E-state index is -0.303. The molecule has 1 aromatic carbocycles. The number of rotatable bonds is 4. The Labute approximate surface area is 122 Å². The van der Waals surface area contributed by atoms with Crippen LogP contribution in [0.15, 0.2) is 47.0 Å². The number of nitrogens with zero attached hydrogens (tertiary/aromatic N) is 6. The number of benzene rings is 1. The van der Waals surface area contributed by atoms with Gasteiger partial charge in [-0.3, -0.25) is 5.43 Å². The highest BCUT2D eigenvalue weighted by Crippen LogP contribution is 2.25. The number of hydrogen-bond acceptors (Lipinski definition) is 8. The fourth-order valence-electron chi connectivity index (χ4n) is 1.48. The lowest BCUT2D eigenvalue weighted by Crippen LogP contribution is -2.14. The number of hydrogen-bond donors (Lipinski definition) is 2. The van der Waals surface area contributed by atoms with Gasteiger partial charge >= 0.3 is 0 Å². The molecule has 21 heavy (non-hydrogen) atoms. The maximum absolute atomic E-state index is 12.9. The van der Waals surface area contributed by atoms with Crippen LogP contribution in [0.5, 0.6) is 0 Å². The molecule has 0 atom stereocenters. The fourth-order valence-corrected chi connectivity index (χ4v) is 2.22. The Morgan fingerprint density at radius 2 is 1.95 bits per heavy atom. The van der Waals surface area contributed by atoms with Crippen molar-refractivity contribution < 1.29 is 4.39 Å². The van der Waals surface area contributed by atoms with E-state index in [0.717, 1.165) is 4.90 Å². The third-order valence-electron chi connectivity index (χ3n) is 2.38. The van der Waals surface area contributed by atoms with Gasteiger partial charge in [-0.1, -0.05) is 0 Å². The molecule has 0 amide bonds. The molecule has 0 aliphatic rings. The van der Waals surface area contributed by atoms with Crippen molar-refractivity contribution in [1.82, 2.24) is 29.7 Å². The van der Waals surface area contributed by atoms with Gasteiger partial charge in [0.25, 0.3) is 5.95 Å². The molecule has 0 bridgehead atoms. The van der Waals surface area contributed by atoms with Gasteiger partial charge in [-0.15, -0.1) is 0 Å². The molecule has 0 aliphatic carbocycles. The van der Waals surface area contributed by atoms with Crippen molar-refractivity contribution >= 4 is 17.7 Å². The SMILES string of the molecule is NNc1nc(Sc2ccc(F)cc2)nc(-n2cncn2)n1. The first-order valence-electron chi connectivity index (χ1n) is 5.76. The van der Waals surface area contributed by atoms with Crippen LogP contribution in [0.3, 0.4) is 0 Å². The third kappa shape index (κ3) is 3.12. The fraction of sp³-hybridized carbons (Fsp3) is 0. The first-order chi connectivity index (χ1) is 10.2. The zero-order chi connectivity index (χ0) is 14.7. The molecule has 3 rings (SSSR count). The predicted molar refractivity (Wildman–Crippen MR) is 73.1 cm³/mol. The summed E-state index contributed by atoms with van der Waals surface area (Å²) in [6.45, 7) is 0. The number of aromatic nitrogens is 6. The lowest BCUT2D eigenvalue weighted by molar-refractivity contribution is 0.626. The molecule has 0 unspecified atom stereocenters. The van der Waals surface area contributed by atoms with E-state index in [0.29, 0.717) is 5.16 Å². The lowest BCUT2D eigenvalue weighted by atomic mass is 10.4. The summed E-state index contributed by atoms with van der Waals surface area (Å²) >= 11 is 1.25. The van der Waals surface area contributed by atoms with E-state index in [1.807, 2.05) is 0 Å². The summed E-state index contributed by atoms with van der Waals surface area (Å²) in [5.74, 6) is 5.52. The van der Waals surface area contributed by atoms with Crippen LogP contribution in [0.1, 0.15) is 0 Å². The van der Waals surface area contributed by atoms with E-state index in [9.17, 15) is 4.39 Å². The Kier molecular flexibility index (Phi) is 3.71. The lowest BCUT2D eigenvalue weighted by Gasteiger charge is -2.05. The Balaban J connectivity index is 1.94. The van der Waals surface area contributed by atoms with Gasteiger partial charge in [0.15, 0.2) is 5.16 Å². The molecule has 3 N–H and O–H groups in total. The molecule has 0 spiro atoms. The monoisotopic (exact) mass is 304 g/mol. The van der Waals surface area contributed by atoms with Gasteiger partial charge in [0.1, 0.15) is 18.5 Å². The zero-order valence-corrected chi connectivity index (χ0v) is 11.3. The molecular formula is C11H9FN8S. The first kappa shape index (κ1) is 13.4. The molecule has 3 aromatic rings. The van der Waals surface area contributed by atoms with E-state index < -0.39 is 0 Å². The second-order valence-electron chi connectivity index (χ2n) is 3.78. The number of nitrogen functional groups attached to an aromatic ring is 1. The smallest absolute Gasteiger partial charge is 0.257 e. The first-order valence-corrected chi connectivity index (χ1v) is 6.57. The van der Waals surface area contributed by atoms with E-state index >= 15 is 0 Å². The van der Waals surface area contributed by atoms with Crippen LogP contribution in [0, 0.1) is 5.82 Å². The van der Waals surface area contributed by atoms with E-state index in [-0.39, 0.29) is 17.7 Å². The maximum atomic E-state index is 12.9. The zero-order valence-electron chi connectivity index (χ0n) is 10.5. The second kappa shape index (κ2) is 5.81. The molecule has 0 aliphatic heterocycles. The highest BCUT2D eigenvalue weighted by molar-refractivity contribution is 7.99. The van der Waals surface area contributed by atoms with Gasteiger partial charge < -0.3 is 0 Å². The minimum Gasteiger partial charge on any atom is -0.292 e. The number of anilines is 1. The predicted octanol–water partition coefficient (Wildman–Crippen LogP) is 1.03. The molecule has 0 saturated heterocycles. The molecule has 0 fully saturated rings. The van der Waals surface area contributed by atoms with Gasteiger partial charge in [-0.05, 0) is 36.0 Å². The van der Waals surface area contributed by atoms with Crippen LogP contribution < -0.4 is 11.3 Å². The molecule has 2 aromatic heterocycles. The van der Waals surface area contributed by atoms with Crippen molar-refractivity contribution in [1.29, 1.82) is 0 Å². The van der Waals surface area contributed by atoms with Crippen molar-refractivity contribution in [3.05, 3.63) is 42.7 Å². The van der Waals surface area contributed by atoms with E-state index in [1.54, 1.807) is 12.1 Å². The average molecular weight is 304 g/mol. The van der Waals surface area contributed by atoms with Crippen LogP contribution in [0.2, 0.25) is 0 Å². The highest BCUT2D eigenvalue weighted by atomic mass is 32.2. The number of halogens is 1. The molecule has 0 saturated carbocycles. The summed E-state index contributed by atoms with van der Waals surface area (Å²) in [6, 6.07) is 6.00. The van der Waals surface area contributed by atoms with Crippen molar-refractivity contribution in [2.24, 2.45) is 5.84 Å². The normalized spacial score (nSPS) is 10.6. The molecule has 106 valence electrons. The van der Waals surface area contributed by atoms with Crippen LogP contribution in [0.25, 0.3) is 5.95 Å². The van der Waals surface area contributed by atoms with Crippen LogP contribution in [-0.2, 0) is 0 Å². The second-order valence-corrected chi connectivity index (χ2v) is 4.82. The molecule has 0 radical (unpaired) electrons. The Hall–Kier alpha value is -2.59. The summed E-state index contributed by atoms with van der Waals surface area (Å²) in [5.41, 5.74) is 2.37. The van der Waals surface area contributed by atoms with Crippen molar-refractivity contribution in [3.8, 4) is 5.95 Å². The quantitative estimate of drug-likeness (QED) is 0.543. The summed E-state index contributed by atoms with van der Waals surface area (Å²) in [4.78, 5) is 17.1. The van der Waals surface area contributed by atoms with Crippen molar-refractivity contribution in [3.63, 3.8) is 0 Å². The standard InChI is InChI=1S/C11H9FN8S/c12-7-1-3-8(4-2-7)21-11-17-9(19-13)16-10(18-11)20-6-14-5-15-20/h1-6H,13H2,(H,16,17,18,19). The Bertz CT molecular complexity index is 730. The number of nitrogens with one attached hydrogen (secondary N) is 1. The molecule has 10 heteroatoms. The molecular weight excluding hydrogens is 295 g/mol. The third-order valence-corrected chi connectivity index (χ3v) is 3.25. The van der Waals surface area contributed by atoms with Gasteiger partial charge in [0.2, 0.25) is 5.95 Å². The van der Waals surface area contributed by atoms with E-state index in [2.05, 4.69) is 30.5 Å². The van der Waals surface area contributed by atoms with Gasteiger partial charge in [0.05, 0.1) is 0 Å². The van der Waals surface area contributed by atoms with Gasteiger partial charge in [0, 0.05) is 4.90 Å². The van der Waals surface area contributed by atoms with Gasteiger partial charge in [-0.25, -0.2) is 15.2 Å². The van der Waals surface area contributed by atoms with E-state index in [1.165, 1.54) is 41.2 Å². The Morgan fingerprint density at radius 3 is 2.62 bits per heavy atom. The van der Waals surface area contributed by atoms with Crippen LogP contribution in [0.4, 0.5) is 10.3 Å². The largest absolute Gasteiger partial charge is 0.292 e. The minimum absolute atomic E-state index is 0.195.